The first-order chi connectivity index (χ1) is 7.73. The molecule has 0 aliphatic heterocycles. The molecule has 0 radical (unpaired) electrons. The van der Waals surface area contributed by atoms with Crippen LogP contribution in [-0.4, -0.2) is 18.5 Å². The van der Waals surface area contributed by atoms with Gasteiger partial charge in [0.1, 0.15) is 0 Å². The molecule has 1 unspecified atom stereocenters. The maximum Gasteiger partial charge on any atom is 0.225 e. The molecule has 0 bridgehead atoms. The standard InChI is InChI=1S/C14H28N2O/c1-13(2,3)9-11(15)10-16-12(17)14(4)7-5-6-8-14/h11H,5-10,15H2,1-4H3,(H,16,17). The summed E-state index contributed by atoms with van der Waals surface area (Å²) >= 11 is 0. The summed E-state index contributed by atoms with van der Waals surface area (Å²) in [5.74, 6) is 0.194. The molecule has 3 N–H and O–H groups in total. The minimum absolute atomic E-state index is 0.0592. The summed E-state index contributed by atoms with van der Waals surface area (Å²) < 4.78 is 0. The van der Waals surface area contributed by atoms with Crippen LogP contribution < -0.4 is 11.1 Å². The van der Waals surface area contributed by atoms with Crippen molar-refractivity contribution in [3.8, 4) is 0 Å². The first-order valence-electron chi connectivity index (χ1n) is 6.77. The number of nitrogens with one attached hydrogen (secondary N) is 1. The molecule has 1 aliphatic carbocycles. The number of hydrogen-bond donors (Lipinski definition) is 2. The van der Waals surface area contributed by atoms with E-state index in [0.29, 0.717) is 6.54 Å². The smallest absolute Gasteiger partial charge is 0.225 e. The highest BCUT2D eigenvalue weighted by Crippen LogP contribution is 2.37. The van der Waals surface area contributed by atoms with Gasteiger partial charge in [-0.3, -0.25) is 4.79 Å². The van der Waals surface area contributed by atoms with Gasteiger partial charge in [-0.15, -0.1) is 0 Å². The summed E-state index contributed by atoms with van der Waals surface area (Å²) in [6, 6.07) is 0.0592. The van der Waals surface area contributed by atoms with E-state index in [1.54, 1.807) is 0 Å². The van der Waals surface area contributed by atoms with E-state index in [4.69, 9.17) is 5.73 Å². The predicted octanol–water partition coefficient (Wildman–Crippen LogP) is 2.45. The first-order valence-corrected chi connectivity index (χ1v) is 6.77. The van der Waals surface area contributed by atoms with E-state index < -0.39 is 0 Å². The number of carbonyl (C=O) groups excluding carboxylic acids is 1. The van der Waals surface area contributed by atoms with Crippen LogP contribution >= 0.6 is 0 Å². The second kappa shape index (κ2) is 5.38. The molecule has 1 aliphatic rings. The second-order valence-corrected chi connectivity index (χ2v) is 7.00. The Bertz CT molecular complexity index is 262. The Morgan fingerprint density at radius 3 is 2.35 bits per heavy atom. The molecule has 0 aromatic heterocycles. The van der Waals surface area contributed by atoms with Crippen molar-refractivity contribution in [3.63, 3.8) is 0 Å². The molecule has 0 spiro atoms. The molecule has 3 nitrogen and oxygen atoms in total. The van der Waals surface area contributed by atoms with Crippen molar-refractivity contribution in [2.75, 3.05) is 6.54 Å². The summed E-state index contributed by atoms with van der Waals surface area (Å²) in [4.78, 5) is 12.1. The van der Waals surface area contributed by atoms with Crippen LogP contribution in [0.15, 0.2) is 0 Å². The maximum atomic E-state index is 12.1. The highest BCUT2D eigenvalue weighted by atomic mass is 16.2. The van der Waals surface area contributed by atoms with Gasteiger partial charge >= 0.3 is 0 Å². The fraction of sp³-hybridized carbons (Fsp3) is 0.929. The fourth-order valence-electron chi connectivity index (χ4n) is 2.68. The van der Waals surface area contributed by atoms with Crippen molar-refractivity contribution in [1.82, 2.24) is 5.32 Å². The van der Waals surface area contributed by atoms with Crippen LogP contribution in [0.5, 0.6) is 0 Å². The predicted molar refractivity (Wildman–Crippen MR) is 71.6 cm³/mol. The molecule has 17 heavy (non-hydrogen) atoms. The normalized spacial score (nSPS) is 21.2. The summed E-state index contributed by atoms with van der Waals surface area (Å²) in [5, 5.41) is 3.02. The molecule has 1 amide bonds. The summed E-state index contributed by atoms with van der Waals surface area (Å²) in [6.45, 7) is 9.20. The zero-order valence-electron chi connectivity index (χ0n) is 11.8. The summed E-state index contributed by atoms with van der Waals surface area (Å²) in [6.07, 6.45) is 5.33. The number of carbonyl (C=O) groups is 1. The molecule has 1 atom stereocenters. The SMILES string of the molecule is CC(C)(C)CC(N)CNC(=O)C1(C)CCCC1. The average molecular weight is 240 g/mol. The molecule has 100 valence electrons. The molecule has 1 fully saturated rings. The number of nitrogens with two attached hydrogens (primary N) is 1. The Kier molecular flexibility index (Phi) is 4.59. The summed E-state index contributed by atoms with van der Waals surface area (Å²) in [7, 11) is 0. The van der Waals surface area contributed by atoms with E-state index in [1.165, 1.54) is 12.8 Å². The Morgan fingerprint density at radius 1 is 1.35 bits per heavy atom. The zero-order chi connectivity index (χ0) is 13.1. The molecular weight excluding hydrogens is 212 g/mol. The minimum Gasteiger partial charge on any atom is -0.354 e. The van der Waals surface area contributed by atoms with Crippen LogP contribution in [-0.2, 0) is 4.79 Å². The Morgan fingerprint density at radius 2 is 1.88 bits per heavy atom. The van der Waals surface area contributed by atoms with E-state index >= 15 is 0 Å². The van der Waals surface area contributed by atoms with Gasteiger partial charge in [-0.1, -0.05) is 40.5 Å². The Balaban J connectivity index is 2.33. The molecule has 0 saturated heterocycles. The molecule has 0 heterocycles. The average Bonchev–Trinajstić information content (AvgIpc) is 2.60. The lowest BCUT2D eigenvalue weighted by Gasteiger charge is -2.26. The van der Waals surface area contributed by atoms with E-state index in [-0.39, 0.29) is 22.8 Å². The van der Waals surface area contributed by atoms with Crippen molar-refractivity contribution in [2.24, 2.45) is 16.6 Å². The molecule has 1 rings (SSSR count). The van der Waals surface area contributed by atoms with Crippen LogP contribution in [0.1, 0.15) is 59.8 Å². The molecule has 0 aromatic rings. The van der Waals surface area contributed by atoms with Crippen molar-refractivity contribution in [3.05, 3.63) is 0 Å². The molecule has 0 aromatic carbocycles. The van der Waals surface area contributed by atoms with Crippen LogP contribution in [0.4, 0.5) is 0 Å². The number of amides is 1. The van der Waals surface area contributed by atoms with Crippen LogP contribution in [0.2, 0.25) is 0 Å². The number of rotatable bonds is 4. The van der Waals surface area contributed by atoms with Gasteiger partial charge in [-0.05, 0) is 24.7 Å². The maximum absolute atomic E-state index is 12.1. The fourth-order valence-corrected chi connectivity index (χ4v) is 2.68. The highest BCUT2D eigenvalue weighted by Gasteiger charge is 2.36. The van der Waals surface area contributed by atoms with Gasteiger partial charge in [-0.2, -0.15) is 0 Å². The van der Waals surface area contributed by atoms with E-state index in [0.717, 1.165) is 19.3 Å². The topological polar surface area (TPSA) is 55.1 Å². The van der Waals surface area contributed by atoms with E-state index in [1.807, 2.05) is 0 Å². The van der Waals surface area contributed by atoms with E-state index in [9.17, 15) is 4.79 Å². The molecule has 3 heteroatoms. The van der Waals surface area contributed by atoms with Gasteiger partial charge in [0.05, 0.1) is 0 Å². The van der Waals surface area contributed by atoms with Crippen molar-refractivity contribution < 1.29 is 4.79 Å². The third-order valence-corrected chi connectivity index (χ3v) is 3.65. The monoisotopic (exact) mass is 240 g/mol. The minimum atomic E-state index is -0.137. The number of hydrogen-bond acceptors (Lipinski definition) is 2. The van der Waals surface area contributed by atoms with Crippen molar-refractivity contribution >= 4 is 5.91 Å². The van der Waals surface area contributed by atoms with Crippen LogP contribution in [0, 0.1) is 10.8 Å². The summed E-state index contributed by atoms with van der Waals surface area (Å²) in [5.41, 5.74) is 6.12. The van der Waals surface area contributed by atoms with Crippen LogP contribution in [0.3, 0.4) is 0 Å². The van der Waals surface area contributed by atoms with Gasteiger partial charge in [0.25, 0.3) is 0 Å². The van der Waals surface area contributed by atoms with Crippen molar-refractivity contribution in [1.29, 1.82) is 0 Å². The Labute approximate surface area is 106 Å². The molecule has 1 saturated carbocycles. The van der Waals surface area contributed by atoms with Gasteiger partial charge in [0.2, 0.25) is 5.91 Å². The van der Waals surface area contributed by atoms with Gasteiger partial charge in [-0.25, -0.2) is 0 Å². The largest absolute Gasteiger partial charge is 0.354 e. The lowest BCUT2D eigenvalue weighted by molar-refractivity contribution is -0.130. The first kappa shape index (κ1) is 14.5. The van der Waals surface area contributed by atoms with Crippen LogP contribution in [0.25, 0.3) is 0 Å². The van der Waals surface area contributed by atoms with Gasteiger partial charge in [0.15, 0.2) is 0 Å². The van der Waals surface area contributed by atoms with Gasteiger partial charge < -0.3 is 11.1 Å². The molecular formula is C14H28N2O. The lowest BCUT2D eigenvalue weighted by Crippen LogP contribution is -2.44. The Hall–Kier alpha value is -0.570. The lowest BCUT2D eigenvalue weighted by atomic mass is 9.86. The highest BCUT2D eigenvalue weighted by molar-refractivity contribution is 5.82. The van der Waals surface area contributed by atoms with Gasteiger partial charge in [0, 0.05) is 18.0 Å². The zero-order valence-corrected chi connectivity index (χ0v) is 11.8. The van der Waals surface area contributed by atoms with E-state index in [2.05, 4.69) is 33.0 Å². The third kappa shape index (κ3) is 4.66. The third-order valence-electron chi connectivity index (χ3n) is 3.65. The second-order valence-electron chi connectivity index (χ2n) is 7.00. The van der Waals surface area contributed by atoms with Crippen molar-refractivity contribution in [2.45, 2.75) is 65.8 Å². The quantitative estimate of drug-likeness (QED) is 0.793.